The van der Waals surface area contributed by atoms with E-state index >= 15 is 0 Å². The summed E-state index contributed by atoms with van der Waals surface area (Å²) in [5, 5.41) is 3.43. The number of nitrogens with one attached hydrogen (secondary N) is 1. The first kappa shape index (κ1) is 12.2. The van der Waals surface area contributed by atoms with Gasteiger partial charge in [0.15, 0.2) is 0 Å². The van der Waals surface area contributed by atoms with Gasteiger partial charge in [-0.3, -0.25) is 4.98 Å². The molecule has 1 aliphatic rings. The second-order valence-corrected chi connectivity index (χ2v) is 4.92. The van der Waals surface area contributed by atoms with E-state index in [0.717, 1.165) is 18.8 Å². The normalized spacial score (nSPS) is 18.7. The van der Waals surface area contributed by atoms with Gasteiger partial charge < -0.3 is 10.1 Å². The van der Waals surface area contributed by atoms with Crippen LogP contribution in [0.2, 0.25) is 0 Å². The van der Waals surface area contributed by atoms with Gasteiger partial charge in [0, 0.05) is 29.9 Å². The summed E-state index contributed by atoms with van der Waals surface area (Å²) in [7, 11) is 2.02. The number of rotatable bonds is 4. The molecule has 3 nitrogen and oxygen atoms in total. The highest BCUT2D eigenvalue weighted by Gasteiger charge is 2.30. The molecule has 0 spiro atoms. The Morgan fingerprint density at radius 3 is 3.00 bits per heavy atom. The van der Waals surface area contributed by atoms with E-state index in [1.54, 1.807) is 0 Å². The number of fused-ring (bicyclic) bond motifs is 1. The van der Waals surface area contributed by atoms with Gasteiger partial charge in [0.05, 0.1) is 6.61 Å². The molecule has 2 heterocycles. The van der Waals surface area contributed by atoms with Crippen molar-refractivity contribution in [2.24, 2.45) is 0 Å². The second-order valence-electron chi connectivity index (χ2n) is 4.92. The van der Waals surface area contributed by atoms with Gasteiger partial charge >= 0.3 is 0 Å². The molecule has 0 amide bonds. The molecule has 19 heavy (non-hydrogen) atoms. The van der Waals surface area contributed by atoms with Crippen molar-refractivity contribution >= 4 is 0 Å². The first-order valence-corrected chi connectivity index (χ1v) is 6.66. The Balaban J connectivity index is 1.81. The largest absolute Gasteiger partial charge is 0.493 e. The lowest BCUT2D eigenvalue weighted by molar-refractivity contribution is 0.302. The smallest absolute Gasteiger partial charge is 0.122 e. The number of aromatic nitrogens is 1. The first-order chi connectivity index (χ1) is 9.38. The van der Waals surface area contributed by atoms with Gasteiger partial charge in [0.25, 0.3) is 0 Å². The minimum absolute atomic E-state index is 0.368. The van der Waals surface area contributed by atoms with E-state index in [0.29, 0.717) is 12.0 Å². The molecule has 0 aliphatic carbocycles. The van der Waals surface area contributed by atoms with Crippen LogP contribution >= 0.6 is 0 Å². The Morgan fingerprint density at radius 1 is 1.32 bits per heavy atom. The summed E-state index contributed by atoms with van der Waals surface area (Å²) >= 11 is 0. The van der Waals surface area contributed by atoms with E-state index in [2.05, 4.69) is 28.5 Å². The number of hydrogen-bond donors (Lipinski definition) is 1. The van der Waals surface area contributed by atoms with Gasteiger partial charge in [-0.05, 0) is 31.2 Å². The molecule has 1 N–H and O–H groups in total. The molecule has 1 aliphatic heterocycles. The predicted octanol–water partition coefficient (Wildman–Crippen LogP) is 2.39. The number of nitrogens with zero attached hydrogens (tertiary/aromatic N) is 1. The zero-order valence-corrected chi connectivity index (χ0v) is 11.0. The van der Waals surface area contributed by atoms with Gasteiger partial charge in [0.2, 0.25) is 0 Å². The SMILES string of the molecule is CNC(Cc1cccnc1)C1COc2ccccc21. The topological polar surface area (TPSA) is 34.2 Å². The zero-order valence-electron chi connectivity index (χ0n) is 11.0. The van der Waals surface area contributed by atoms with Gasteiger partial charge in [-0.2, -0.15) is 0 Å². The third kappa shape index (κ3) is 2.47. The summed E-state index contributed by atoms with van der Waals surface area (Å²) in [5.41, 5.74) is 2.57. The lowest BCUT2D eigenvalue weighted by Crippen LogP contribution is -2.35. The van der Waals surface area contributed by atoms with Crippen LogP contribution < -0.4 is 10.1 Å². The van der Waals surface area contributed by atoms with Crippen molar-refractivity contribution in [1.29, 1.82) is 0 Å². The van der Waals surface area contributed by atoms with Crippen molar-refractivity contribution in [3.8, 4) is 5.75 Å². The summed E-state index contributed by atoms with van der Waals surface area (Å²) in [5.74, 6) is 1.43. The Morgan fingerprint density at radius 2 is 2.21 bits per heavy atom. The quantitative estimate of drug-likeness (QED) is 0.909. The Kier molecular flexibility index (Phi) is 3.47. The molecule has 0 fully saturated rings. The van der Waals surface area contributed by atoms with Crippen LogP contribution in [0.25, 0.3) is 0 Å². The first-order valence-electron chi connectivity index (χ1n) is 6.66. The number of likely N-dealkylation sites (N-methyl/N-ethyl adjacent to an activating group) is 1. The van der Waals surface area contributed by atoms with Crippen molar-refractivity contribution < 1.29 is 4.74 Å². The molecule has 2 atom stereocenters. The van der Waals surface area contributed by atoms with Crippen LogP contribution in [0.15, 0.2) is 48.8 Å². The van der Waals surface area contributed by atoms with E-state index in [1.165, 1.54) is 11.1 Å². The molecule has 98 valence electrons. The summed E-state index contributed by atoms with van der Waals surface area (Å²) in [6.07, 6.45) is 4.71. The lowest BCUT2D eigenvalue weighted by atomic mass is 9.89. The number of benzene rings is 1. The van der Waals surface area contributed by atoms with E-state index in [1.807, 2.05) is 37.6 Å². The molecule has 0 bridgehead atoms. The summed E-state index contributed by atoms with van der Waals surface area (Å²) < 4.78 is 5.78. The van der Waals surface area contributed by atoms with E-state index in [-0.39, 0.29) is 0 Å². The average Bonchev–Trinajstić information content (AvgIpc) is 2.90. The van der Waals surface area contributed by atoms with Crippen molar-refractivity contribution in [1.82, 2.24) is 10.3 Å². The van der Waals surface area contributed by atoms with E-state index in [9.17, 15) is 0 Å². The summed E-state index contributed by atoms with van der Waals surface area (Å²) in [6, 6.07) is 12.8. The van der Waals surface area contributed by atoms with Crippen molar-refractivity contribution in [3.05, 3.63) is 59.9 Å². The molecule has 3 heteroatoms. The maximum atomic E-state index is 5.78. The lowest BCUT2D eigenvalue weighted by Gasteiger charge is -2.22. The van der Waals surface area contributed by atoms with Crippen LogP contribution in [0, 0.1) is 0 Å². The van der Waals surface area contributed by atoms with Gasteiger partial charge in [-0.15, -0.1) is 0 Å². The monoisotopic (exact) mass is 254 g/mol. The molecule has 1 aromatic carbocycles. The Bertz CT molecular complexity index is 541. The van der Waals surface area contributed by atoms with Crippen LogP contribution in [0.3, 0.4) is 0 Å². The summed E-state index contributed by atoms with van der Waals surface area (Å²) in [6.45, 7) is 0.755. The Hall–Kier alpha value is -1.87. The highest BCUT2D eigenvalue weighted by molar-refractivity contribution is 5.40. The standard InChI is InChI=1S/C16H18N2O/c1-17-15(9-12-5-4-8-18-10-12)14-11-19-16-7-3-2-6-13(14)16/h2-8,10,14-15,17H,9,11H2,1H3. The van der Waals surface area contributed by atoms with Crippen molar-refractivity contribution in [3.63, 3.8) is 0 Å². The third-order valence-corrected chi connectivity index (χ3v) is 3.77. The molecule has 1 aromatic heterocycles. The predicted molar refractivity (Wildman–Crippen MR) is 75.5 cm³/mol. The fourth-order valence-electron chi connectivity index (χ4n) is 2.74. The minimum Gasteiger partial charge on any atom is -0.493 e. The van der Waals surface area contributed by atoms with Crippen LogP contribution in [-0.2, 0) is 6.42 Å². The van der Waals surface area contributed by atoms with Gasteiger partial charge in [-0.25, -0.2) is 0 Å². The molecular weight excluding hydrogens is 236 g/mol. The number of hydrogen-bond acceptors (Lipinski definition) is 3. The highest BCUT2D eigenvalue weighted by atomic mass is 16.5. The maximum absolute atomic E-state index is 5.78. The summed E-state index contributed by atoms with van der Waals surface area (Å²) in [4.78, 5) is 4.18. The molecule has 2 aromatic rings. The van der Waals surface area contributed by atoms with E-state index < -0.39 is 0 Å². The maximum Gasteiger partial charge on any atom is 0.122 e. The molecular formula is C16H18N2O. The fraction of sp³-hybridized carbons (Fsp3) is 0.312. The van der Waals surface area contributed by atoms with Crippen LogP contribution in [0.1, 0.15) is 17.0 Å². The van der Waals surface area contributed by atoms with Crippen molar-refractivity contribution in [2.75, 3.05) is 13.7 Å². The molecule has 2 unspecified atom stereocenters. The highest BCUT2D eigenvalue weighted by Crippen LogP contribution is 2.36. The number of para-hydroxylation sites is 1. The van der Waals surface area contributed by atoms with Gasteiger partial charge in [0.1, 0.15) is 5.75 Å². The Labute approximate surface area is 113 Å². The molecule has 0 radical (unpaired) electrons. The zero-order chi connectivity index (χ0) is 13.1. The molecule has 0 saturated carbocycles. The minimum atomic E-state index is 0.368. The van der Waals surface area contributed by atoms with Gasteiger partial charge in [-0.1, -0.05) is 24.3 Å². The van der Waals surface area contributed by atoms with Crippen LogP contribution in [0.4, 0.5) is 0 Å². The molecule has 3 rings (SSSR count). The van der Waals surface area contributed by atoms with Crippen molar-refractivity contribution in [2.45, 2.75) is 18.4 Å². The third-order valence-electron chi connectivity index (χ3n) is 3.77. The average molecular weight is 254 g/mol. The van der Waals surface area contributed by atoms with E-state index in [4.69, 9.17) is 4.74 Å². The fourth-order valence-corrected chi connectivity index (χ4v) is 2.74. The molecule has 0 saturated heterocycles. The van der Waals surface area contributed by atoms with Crippen LogP contribution in [0.5, 0.6) is 5.75 Å². The second kappa shape index (κ2) is 5.41. The van der Waals surface area contributed by atoms with Crippen LogP contribution in [-0.4, -0.2) is 24.7 Å². The number of ether oxygens (including phenoxy) is 1. The number of pyridine rings is 1.